The zero-order valence-electron chi connectivity index (χ0n) is 10.3. The summed E-state index contributed by atoms with van der Waals surface area (Å²) < 4.78 is 26.6. The van der Waals surface area contributed by atoms with Crippen LogP contribution in [0.2, 0.25) is 0 Å². The number of aromatic amines is 1. The Morgan fingerprint density at radius 2 is 1.90 bits per heavy atom. The van der Waals surface area contributed by atoms with Gasteiger partial charge in [-0.2, -0.15) is 5.10 Å². The molecule has 0 bridgehead atoms. The van der Waals surface area contributed by atoms with E-state index in [1.807, 2.05) is 0 Å². The van der Waals surface area contributed by atoms with E-state index in [0.29, 0.717) is 0 Å². The molecule has 0 saturated carbocycles. The van der Waals surface area contributed by atoms with Crippen LogP contribution in [0.4, 0.5) is 5.69 Å². The van der Waals surface area contributed by atoms with E-state index in [4.69, 9.17) is 10.2 Å². The monoisotopic (exact) mass is 297 g/mol. The van der Waals surface area contributed by atoms with Gasteiger partial charge in [-0.25, -0.2) is 13.2 Å². The zero-order valence-corrected chi connectivity index (χ0v) is 11.1. The average Bonchev–Trinajstić information content (AvgIpc) is 2.75. The molecule has 0 aliphatic rings. The van der Waals surface area contributed by atoms with Gasteiger partial charge in [-0.1, -0.05) is 0 Å². The van der Waals surface area contributed by atoms with Gasteiger partial charge in [-0.15, -0.1) is 0 Å². The lowest BCUT2D eigenvalue weighted by molar-refractivity contribution is 0.0686. The van der Waals surface area contributed by atoms with E-state index in [1.54, 1.807) is 0 Å². The Kier molecular flexibility index (Phi) is 3.36. The van der Waals surface area contributed by atoms with Crippen molar-refractivity contribution in [1.82, 2.24) is 10.2 Å². The van der Waals surface area contributed by atoms with E-state index in [1.165, 1.54) is 31.2 Å². The number of aromatic hydroxyl groups is 1. The summed E-state index contributed by atoms with van der Waals surface area (Å²) in [4.78, 5) is 10.6. The highest BCUT2D eigenvalue weighted by molar-refractivity contribution is 7.92. The summed E-state index contributed by atoms with van der Waals surface area (Å²) >= 11 is 0. The number of nitrogens with zero attached hydrogens (tertiary/aromatic N) is 1. The molecule has 0 saturated heterocycles. The highest BCUT2D eigenvalue weighted by Gasteiger charge is 2.28. The third-order valence-corrected chi connectivity index (χ3v) is 4.02. The Morgan fingerprint density at radius 1 is 1.30 bits per heavy atom. The summed E-state index contributed by atoms with van der Waals surface area (Å²) in [5.41, 5.74) is -0.262. The topological polar surface area (TPSA) is 132 Å². The molecule has 9 heteroatoms. The van der Waals surface area contributed by atoms with E-state index < -0.39 is 26.6 Å². The lowest BCUT2D eigenvalue weighted by atomic mass is 10.3. The highest BCUT2D eigenvalue weighted by Crippen LogP contribution is 2.22. The largest absolute Gasteiger partial charge is 0.508 e. The number of carboxylic acids is 1. The number of phenols is 1. The van der Waals surface area contributed by atoms with Crippen LogP contribution < -0.4 is 4.72 Å². The van der Waals surface area contributed by atoms with E-state index in [-0.39, 0.29) is 17.1 Å². The highest BCUT2D eigenvalue weighted by atomic mass is 32.2. The van der Waals surface area contributed by atoms with Gasteiger partial charge in [-0.05, 0) is 31.2 Å². The smallest absolute Gasteiger partial charge is 0.357 e. The molecule has 1 heterocycles. The van der Waals surface area contributed by atoms with Gasteiger partial charge in [0.2, 0.25) is 0 Å². The average molecular weight is 297 g/mol. The molecule has 0 aliphatic heterocycles. The third-order valence-electron chi connectivity index (χ3n) is 2.48. The molecule has 0 unspecified atom stereocenters. The lowest BCUT2D eigenvalue weighted by Crippen LogP contribution is -2.16. The van der Waals surface area contributed by atoms with Gasteiger partial charge in [0.15, 0.2) is 5.69 Å². The molecule has 0 spiro atoms. The first kappa shape index (κ1) is 13.9. The number of benzene rings is 1. The van der Waals surface area contributed by atoms with Crippen molar-refractivity contribution in [3.05, 3.63) is 35.7 Å². The molecule has 0 amide bonds. The maximum atomic E-state index is 12.2. The van der Waals surface area contributed by atoms with Gasteiger partial charge in [0.1, 0.15) is 10.6 Å². The first-order chi connectivity index (χ1) is 9.31. The van der Waals surface area contributed by atoms with Crippen LogP contribution in [0.5, 0.6) is 5.75 Å². The molecular weight excluding hydrogens is 286 g/mol. The maximum Gasteiger partial charge on any atom is 0.357 e. The van der Waals surface area contributed by atoms with Crippen LogP contribution in [0.1, 0.15) is 16.2 Å². The Morgan fingerprint density at radius 3 is 2.45 bits per heavy atom. The number of rotatable bonds is 4. The number of phenolic OH excluding ortho intramolecular Hbond substituents is 1. The predicted octanol–water partition coefficient (Wildman–Crippen LogP) is 0.923. The molecule has 2 rings (SSSR count). The van der Waals surface area contributed by atoms with Gasteiger partial charge in [0, 0.05) is 5.69 Å². The van der Waals surface area contributed by atoms with Crippen molar-refractivity contribution in [2.45, 2.75) is 11.8 Å². The van der Waals surface area contributed by atoms with E-state index in [0.717, 1.165) is 0 Å². The number of sulfonamides is 1. The fourth-order valence-corrected chi connectivity index (χ4v) is 3.01. The second kappa shape index (κ2) is 4.85. The number of H-pyrrole nitrogens is 1. The minimum absolute atomic E-state index is 0.0151. The summed E-state index contributed by atoms with van der Waals surface area (Å²) in [5, 5.41) is 23.9. The van der Waals surface area contributed by atoms with Gasteiger partial charge < -0.3 is 10.2 Å². The van der Waals surface area contributed by atoms with Gasteiger partial charge in [-0.3, -0.25) is 9.82 Å². The van der Waals surface area contributed by atoms with Gasteiger partial charge in [0.25, 0.3) is 10.0 Å². The first-order valence-electron chi connectivity index (χ1n) is 5.41. The number of hydrogen-bond acceptors (Lipinski definition) is 5. The van der Waals surface area contributed by atoms with Crippen molar-refractivity contribution in [3.63, 3.8) is 0 Å². The molecular formula is C11H11N3O5S. The molecule has 20 heavy (non-hydrogen) atoms. The van der Waals surface area contributed by atoms with Crippen LogP contribution in [0.15, 0.2) is 29.2 Å². The first-order valence-corrected chi connectivity index (χ1v) is 6.89. The summed E-state index contributed by atoms with van der Waals surface area (Å²) in [6.07, 6.45) is 0. The van der Waals surface area contributed by atoms with Crippen LogP contribution in [0, 0.1) is 6.92 Å². The maximum absolute atomic E-state index is 12.2. The number of nitrogens with one attached hydrogen (secondary N) is 2. The van der Waals surface area contributed by atoms with E-state index in [2.05, 4.69) is 14.9 Å². The predicted molar refractivity (Wildman–Crippen MR) is 69.2 cm³/mol. The van der Waals surface area contributed by atoms with Crippen molar-refractivity contribution in [1.29, 1.82) is 0 Å². The standard InChI is InChI=1S/C11H11N3O5S/c1-6-10(9(11(16)17)13-12-6)20(18,19)14-7-2-4-8(15)5-3-7/h2-5,14-15H,1H3,(H,12,13)(H,16,17). The second-order valence-corrected chi connectivity index (χ2v) is 5.60. The summed E-state index contributed by atoms with van der Waals surface area (Å²) in [6.45, 7) is 1.41. The summed E-state index contributed by atoms with van der Waals surface area (Å²) in [5.74, 6) is -1.46. The van der Waals surface area contributed by atoms with Crippen LogP contribution >= 0.6 is 0 Å². The molecule has 0 fully saturated rings. The van der Waals surface area contributed by atoms with Gasteiger partial charge in [0.05, 0.1) is 5.69 Å². The molecule has 8 nitrogen and oxygen atoms in total. The summed E-state index contributed by atoms with van der Waals surface area (Å²) in [6, 6.07) is 5.31. The Bertz CT molecular complexity index is 749. The fraction of sp³-hybridized carbons (Fsp3) is 0.0909. The number of hydrogen-bond donors (Lipinski definition) is 4. The van der Waals surface area contributed by atoms with Crippen LogP contribution in [0.3, 0.4) is 0 Å². The quantitative estimate of drug-likeness (QED) is 0.620. The molecule has 1 aromatic carbocycles. The van der Waals surface area contributed by atoms with Crippen molar-refractivity contribution in [3.8, 4) is 5.75 Å². The number of anilines is 1. The fourth-order valence-electron chi connectivity index (χ4n) is 1.63. The molecule has 0 radical (unpaired) electrons. The summed E-state index contributed by atoms with van der Waals surface area (Å²) in [7, 11) is -4.10. The van der Waals surface area contributed by atoms with Crippen molar-refractivity contribution in [2.75, 3.05) is 4.72 Å². The molecule has 0 aliphatic carbocycles. The SMILES string of the molecule is Cc1[nH]nc(C(=O)O)c1S(=O)(=O)Nc1ccc(O)cc1. The number of aryl methyl sites for hydroxylation is 1. The van der Waals surface area contributed by atoms with E-state index in [9.17, 15) is 13.2 Å². The molecule has 4 N–H and O–H groups in total. The van der Waals surface area contributed by atoms with Gasteiger partial charge >= 0.3 is 5.97 Å². The molecule has 106 valence electrons. The van der Waals surface area contributed by atoms with E-state index >= 15 is 0 Å². The number of aromatic carboxylic acids is 1. The Labute approximate surface area is 114 Å². The molecule has 0 atom stereocenters. The number of carbonyl (C=O) groups is 1. The molecule has 1 aromatic heterocycles. The van der Waals surface area contributed by atoms with Crippen LogP contribution in [-0.2, 0) is 10.0 Å². The van der Waals surface area contributed by atoms with Crippen LogP contribution in [-0.4, -0.2) is 34.8 Å². The minimum Gasteiger partial charge on any atom is -0.508 e. The second-order valence-electron chi connectivity index (χ2n) is 3.98. The lowest BCUT2D eigenvalue weighted by Gasteiger charge is -2.08. The van der Waals surface area contributed by atoms with Crippen molar-refractivity contribution < 1.29 is 23.4 Å². The Hall–Kier alpha value is -2.55. The minimum atomic E-state index is -4.10. The number of aromatic nitrogens is 2. The Balaban J connectivity index is 2.43. The third kappa shape index (κ3) is 2.57. The normalized spacial score (nSPS) is 11.2. The number of carboxylic acid groups (broad SMARTS) is 1. The van der Waals surface area contributed by atoms with Crippen molar-refractivity contribution in [2.24, 2.45) is 0 Å². The van der Waals surface area contributed by atoms with Crippen molar-refractivity contribution >= 4 is 21.7 Å². The molecule has 2 aromatic rings. The van der Waals surface area contributed by atoms with Crippen LogP contribution in [0.25, 0.3) is 0 Å². The zero-order chi connectivity index (χ0) is 14.9.